The summed E-state index contributed by atoms with van der Waals surface area (Å²) in [5.41, 5.74) is -0.0151. The molecule has 0 atom stereocenters. The lowest BCUT2D eigenvalue weighted by Crippen LogP contribution is -2.04. The van der Waals surface area contributed by atoms with E-state index in [0.717, 1.165) is 0 Å². The number of carboxylic acid groups (broad SMARTS) is 1. The first kappa shape index (κ1) is 12.4. The molecule has 1 N–H and O–H groups in total. The highest BCUT2D eigenvalue weighted by Gasteiger charge is 2.15. The van der Waals surface area contributed by atoms with Gasteiger partial charge in [-0.1, -0.05) is 17.7 Å². The van der Waals surface area contributed by atoms with Gasteiger partial charge in [0.2, 0.25) is 5.89 Å². The lowest BCUT2D eigenvalue weighted by atomic mass is 10.2. The van der Waals surface area contributed by atoms with Crippen LogP contribution in [-0.2, 0) is 6.61 Å². The zero-order valence-corrected chi connectivity index (χ0v) is 10.1. The smallest absolute Gasteiger partial charge is 0.339 e. The molecule has 6 nitrogen and oxygen atoms in total. The van der Waals surface area contributed by atoms with E-state index >= 15 is 0 Å². The molecule has 0 amide bonds. The van der Waals surface area contributed by atoms with Crippen LogP contribution in [0.25, 0.3) is 0 Å². The van der Waals surface area contributed by atoms with Crippen LogP contribution in [0.3, 0.4) is 0 Å². The second-order valence-electron chi connectivity index (χ2n) is 3.43. The number of rotatable bonds is 4. The largest absolute Gasteiger partial charge is 0.481 e. The van der Waals surface area contributed by atoms with Crippen molar-refractivity contribution in [3.8, 4) is 5.75 Å². The number of hydrogen-bond donors (Lipinski definition) is 1. The molecule has 0 aliphatic heterocycles. The van der Waals surface area contributed by atoms with E-state index in [4.69, 9.17) is 25.9 Å². The topological polar surface area (TPSA) is 85.5 Å². The predicted molar refractivity (Wildman–Crippen MR) is 61.8 cm³/mol. The van der Waals surface area contributed by atoms with Gasteiger partial charge in [-0.15, -0.1) is 10.2 Å². The molecule has 0 bridgehead atoms. The number of aryl methyl sites for hydroxylation is 1. The maximum Gasteiger partial charge on any atom is 0.339 e. The molecule has 2 aromatic rings. The van der Waals surface area contributed by atoms with Crippen molar-refractivity contribution >= 4 is 17.6 Å². The van der Waals surface area contributed by atoms with Crippen LogP contribution < -0.4 is 4.74 Å². The number of carbonyl (C=O) groups is 1. The Morgan fingerprint density at radius 3 is 2.89 bits per heavy atom. The Labute approximate surface area is 107 Å². The Hall–Kier alpha value is -2.08. The third-order valence-electron chi connectivity index (χ3n) is 2.11. The van der Waals surface area contributed by atoms with Gasteiger partial charge in [0.25, 0.3) is 5.89 Å². The van der Waals surface area contributed by atoms with Gasteiger partial charge >= 0.3 is 5.97 Å². The van der Waals surface area contributed by atoms with Crippen LogP contribution in [0, 0.1) is 6.92 Å². The van der Waals surface area contributed by atoms with Gasteiger partial charge in [-0.25, -0.2) is 4.79 Å². The monoisotopic (exact) mass is 268 g/mol. The van der Waals surface area contributed by atoms with E-state index in [0.29, 0.717) is 5.89 Å². The molecule has 1 aromatic carbocycles. The first-order valence-corrected chi connectivity index (χ1v) is 5.39. The molecule has 1 heterocycles. The quantitative estimate of drug-likeness (QED) is 0.916. The molecule has 0 fully saturated rings. The van der Waals surface area contributed by atoms with Gasteiger partial charge in [0.1, 0.15) is 5.56 Å². The first-order valence-electron chi connectivity index (χ1n) is 5.01. The zero-order valence-electron chi connectivity index (χ0n) is 9.38. The van der Waals surface area contributed by atoms with Gasteiger partial charge in [0, 0.05) is 6.92 Å². The van der Waals surface area contributed by atoms with Gasteiger partial charge in [-0.2, -0.15) is 0 Å². The minimum Gasteiger partial charge on any atom is -0.481 e. The number of aromatic carboxylic acids is 1. The molecule has 2 rings (SSSR count). The van der Waals surface area contributed by atoms with Gasteiger partial charge < -0.3 is 14.3 Å². The Morgan fingerprint density at radius 1 is 1.50 bits per heavy atom. The summed E-state index contributed by atoms with van der Waals surface area (Å²) < 4.78 is 10.4. The maximum atomic E-state index is 11.0. The molecule has 0 radical (unpaired) electrons. The normalized spacial score (nSPS) is 10.3. The molecule has 0 aliphatic rings. The molecule has 0 saturated heterocycles. The van der Waals surface area contributed by atoms with Crippen molar-refractivity contribution in [2.24, 2.45) is 0 Å². The summed E-state index contributed by atoms with van der Waals surface area (Å²) >= 11 is 5.89. The van der Waals surface area contributed by atoms with E-state index in [1.807, 2.05) is 0 Å². The van der Waals surface area contributed by atoms with Crippen molar-refractivity contribution < 1.29 is 19.1 Å². The fourth-order valence-electron chi connectivity index (χ4n) is 1.35. The zero-order chi connectivity index (χ0) is 13.1. The Bertz CT molecular complexity index is 582. The number of ether oxygens (including phenoxy) is 1. The Kier molecular flexibility index (Phi) is 3.47. The summed E-state index contributed by atoms with van der Waals surface area (Å²) in [6.45, 7) is 1.61. The van der Waals surface area contributed by atoms with E-state index in [-0.39, 0.29) is 28.8 Å². The second-order valence-corrected chi connectivity index (χ2v) is 3.83. The molecule has 1 aromatic heterocycles. The number of aromatic nitrogens is 2. The van der Waals surface area contributed by atoms with E-state index < -0.39 is 5.97 Å². The average Bonchev–Trinajstić information content (AvgIpc) is 2.73. The summed E-state index contributed by atoms with van der Waals surface area (Å²) in [6.07, 6.45) is 0. The summed E-state index contributed by atoms with van der Waals surface area (Å²) in [5, 5.41) is 16.6. The lowest BCUT2D eigenvalue weighted by Gasteiger charge is -2.08. The van der Waals surface area contributed by atoms with Crippen LogP contribution in [0.15, 0.2) is 22.6 Å². The number of hydrogen-bond acceptors (Lipinski definition) is 5. The van der Waals surface area contributed by atoms with Crippen molar-refractivity contribution in [2.45, 2.75) is 13.5 Å². The second kappa shape index (κ2) is 5.05. The van der Waals surface area contributed by atoms with Gasteiger partial charge in [0.15, 0.2) is 12.4 Å². The van der Waals surface area contributed by atoms with Crippen molar-refractivity contribution in [2.75, 3.05) is 0 Å². The molecule has 7 heteroatoms. The molecule has 0 saturated carbocycles. The molecule has 0 spiro atoms. The molecular weight excluding hydrogens is 260 g/mol. The van der Waals surface area contributed by atoms with Crippen molar-refractivity contribution in [1.29, 1.82) is 0 Å². The minimum absolute atomic E-state index is 0.0151. The number of halogens is 1. The predicted octanol–water partition coefficient (Wildman–Crippen LogP) is 2.31. The van der Waals surface area contributed by atoms with Gasteiger partial charge in [-0.3, -0.25) is 0 Å². The summed E-state index contributed by atoms with van der Waals surface area (Å²) in [7, 11) is 0. The van der Waals surface area contributed by atoms with Crippen LogP contribution in [0.4, 0.5) is 0 Å². The highest BCUT2D eigenvalue weighted by molar-refractivity contribution is 6.32. The lowest BCUT2D eigenvalue weighted by molar-refractivity contribution is 0.0691. The third kappa shape index (κ3) is 2.60. The number of nitrogens with zero attached hydrogens (tertiary/aromatic N) is 2. The van der Waals surface area contributed by atoms with Crippen LogP contribution in [0.5, 0.6) is 5.75 Å². The highest BCUT2D eigenvalue weighted by Crippen LogP contribution is 2.29. The van der Waals surface area contributed by atoms with E-state index in [2.05, 4.69) is 10.2 Å². The van der Waals surface area contributed by atoms with Crippen LogP contribution in [0.2, 0.25) is 5.02 Å². The van der Waals surface area contributed by atoms with Gasteiger partial charge in [0.05, 0.1) is 5.02 Å². The Morgan fingerprint density at radius 2 is 2.28 bits per heavy atom. The average molecular weight is 269 g/mol. The van der Waals surface area contributed by atoms with Crippen LogP contribution >= 0.6 is 11.6 Å². The fraction of sp³-hybridized carbons (Fsp3) is 0.182. The van der Waals surface area contributed by atoms with E-state index in [1.54, 1.807) is 13.0 Å². The fourth-order valence-corrected chi connectivity index (χ4v) is 1.58. The molecule has 18 heavy (non-hydrogen) atoms. The first-order chi connectivity index (χ1) is 8.58. The van der Waals surface area contributed by atoms with E-state index in [1.165, 1.54) is 12.1 Å². The summed E-state index contributed by atoms with van der Waals surface area (Å²) in [4.78, 5) is 11.0. The van der Waals surface area contributed by atoms with Crippen LogP contribution in [0.1, 0.15) is 22.1 Å². The Balaban J connectivity index is 2.20. The van der Waals surface area contributed by atoms with Crippen molar-refractivity contribution in [3.63, 3.8) is 0 Å². The molecule has 0 unspecified atom stereocenters. The maximum absolute atomic E-state index is 11.0. The highest BCUT2D eigenvalue weighted by atomic mass is 35.5. The summed E-state index contributed by atoms with van der Waals surface area (Å²) in [6, 6.07) is 4.49. The molecular formula is C11H9ClN2O4. The molecule has 94 valence electrons. The SMILES string of the molecule is Cc1nnc(COc2c(Cl)cccc2C(=O)O)o1. The van der Waals surface area contributed by atoms with Crippen LogP contribution in [-0.4, -0.2) is 21.3 Å². The van der Waals surface area contributed by atoms with E-state index in [9.17, 15) is 4.79 Å². The minimum atomic E-state index is -1.12. The van der Waals surface area contributed by atoms with Crippen molar-refractivity contribution in [1.82, 2.24) is 10.2 Å². The number of para-hydroxylation sites is 1. The number of benzene rings is 1. The standard InChI is InChI=1S/C11H9ClN2O4/c1-6-13-14-9(18-6)5-17-10-7(11(15)16)3-2-4-8(10)12/h2-4H,5H2,1H3,(H,15,16). The summed E-state index contributed by atoms with van der Waals surface area (Å²) in [5.74, 6) is -0.369. The van der Waals surface area contributed by atoms with Crippen molar-refractivity contribution in [3.05, 3.63) is 40.6 Å². The van der Waals surface area contributed by atoms with Gasteiger partial charge in [-0.05, 0) is 12.1 Å². The molecule has 0 aliphatic carbocycles. The number of carboxylic acids is 1. The third-order valence-corrected chi connectivity index (χ3v) is 2.40.